The van der Waals surface area contributed by atoms with Crippen molar-refractivity contribution < 1.29 is 4.74 Å². The minimum absolute atomic E-state index is 0.0309. The molecule has 1 atom stereocenters. The van der Waals surface area contributed by atoms with Crippen molar-refractivity contribution in [1.82, 2.24) is 24.4 Å². The van der Waals surface area contributed by atoms with E-state index in [4.69, 9.17) is 9.72 Å². The smallest absolute Gasteiger partial charge is 0.150 e. The molecule has 0 N–H and O–H groups in total. The van der Waals surface area contributed by atoms with Gasteiger partial charge in [-0.25, -0.2) is 9.20 Å². The average Bonchev–Trinajstić information content (AvgIpc) is 3.48. The first-order chi connectivity index (χ1) is 15.8. The molecule has 1 saturated carbocycles. The number of fused-ring (bicyclic) bond motifs is 2. The van der Waals surface area contributed by atoms with Crippen molar-refractivity contribution >= 4 is 16.4 Å². The molecule has 1 aliphatic carbocycles. The molecule has 4 heterocycles. The lowest BCUT2D eigenvalue weighted by Gasteiger charge is -2.25. The Hall–Kier alpha value is -3.24. The van der Waals surface area contributed by atoms with Crippen molar-refractivity contribution in [2.24, 2.45) is 5.92 Å². The Labute approximate surface area is 186 Å². The monoisotopic (exact) mass is 426 g/mol. The molecule has 1 saturated heterocycles. The van der Waals surface area contributed by atoms with Gasteiger partial charge in [0.2, 0.25) is 0 Å². The lowest BCUT2D eigenvalue weighted by molar-refractivity contribution is -0.0366. The second-order valence-electron chi connectivity index (χ2n) is 9.03. The summed E-state index contributed by atoms with van der Waals surface area (Å²) in [4.78, 5) is 4.79. The van der Waals surface area contributed by atoms with Gasteiger partial charge in [0.05, 0.1) is 35.2 Å². The van der Waals surface area contributed by atoms with E-state index in [1.807, 2.05) is 34.0 Å². The maximum absolute atomic E-state index is 9.26. The SMILES string of the molecule is N#CC1CCC(c2nccn3ncc(-c4ccc5c(cnn5C5CCCCO5)c4)c23)CC1. The van der Waals surface area contributed by atoms with Crippen LogP contribution in [0.15, 0.2) is 43.0 Å². The number of hydrogen-bond donors (Lipinski definition) is 0. The van der Waals surface area contributed by atoms with Gasteiger partial charge in [-0.3, -0.25) is 4.98 Å². The number of ether oxygens (including phenoxy) is 1. The molecule has 0 radical (unpaired) electrons. The van der Waals surface area contributed by atoms with Gasteiger partial charge in [-0.2, -0.15) is 15.5 Å². The summed E-state index contributed by atoms with van der Waals surface area (Å²) in [7, 11) is 0. The number of hydrogen-bond acceptors (Lipinski definition) is 5. The second kappa shape index (κ2) is 8.03. The zero-order valence-electron chi connectivity index (χ0n) is 18.0. The van der Waals surface area contributed by atoms with Crippen LogP contribution in [0.25, 0.3) is 27.5 Å². The van der Waals surface area contributed by atoms with Crippen LogP contribution in [-0.4, -0.2) is 31.0 Å². The highest BCUT2D eigenvalue weighted by Gasteiger charge is 2.26. The topological polar surface area (TPSA) is 81.0 Å². The molecule has 0 bridgehead atoms. The maximum atomic E-state index is 9.26. The van der Waals surface area contributed by atoms with E-state index in [2.05, 4.69) is 34.5 Å². The molecule has 7 nitrogen and oxygen atoms in total. The standard InChI is InChI=1S/C25H26N6O/c26-14-17-4-6-18(7-5-17)24-25-21(16-28-30(25)11-10-27-24)19-8-9-22-20(13-19)15-29-31(22)23-3-1-2-12-32-23/h8-11,13,15-18,23H,1-7,12H2. The molecule has 1 aromatic carbocycles. The minimum Gasteiger partial charge on any atom is -0.356 e. The summed E-state index contributed by atoms with van der Waals surface area (Å²) < 4.78 is 9.91. The first-order valence-corrected chi connectivity index (χ1v) is 11.6. The summed E-state index contributed by atoms with van der Waals surface area (Å²) in [5.74, 6) is 0.552. The highest BCUT2D eigenvalue weighted by Crippen LogP contribution is 2.39. The van der Waals surface area contributed by atoms with Gasteiger partial charge < -0.3 is 4.74 Å². The van der Waals surface area contributed by atoms with Crippen LogP contribution < -0.4 is 0 Å². The molecule has 4 aromatic rings. The second-order valence-corrected chi connectivity index (χ2v) is 9.03. The zero-order valence-corrected chi connectivity index (χ0v) is 18.0. The van der Waals surface area contributed by atoms with Crippen LogP contribution in [0, 0.1) is 17.2 Å². The predicted molar refractivity (Wildman–Crippen MR) is 121 cm³/mol. The number of benzene rings is 1. The molecule has 6 rings (SSSR count). The first-order valence-electron chi connectivity index (χ1n) is 11.6. The quantitative estimate of drug-likeness (QED) is 0.447. The fourth-order valence-corrected chi connectivity index (χ4v) is 5.34. The van der Waals surface area contributed by atoms with Crippen LogP contribution in [0.4, 0.5) is 0 Å². The van der Waals surface area contributed by atoms with E-state index < -0.39 is 0 Å². The molecule has 1 unspecified atom stereocenters. The average molecular weight is 427 g/mol. The van der Waals surface area contributed by atoms with Crippen molar-refractivity contribution in [2.75, 3.05) is 6.61 Å². The van der Waals surface area contributed by atoms with Crippen molar-refractivity contribution in [3.8, 4) is 17.2 Å². The van der Waals surface area contributed by atoms with Gasteiger partial charge in [-0.05, 0) is 62.6 Å². The van der Waals surface area contributed by atoms with Gasteiger partial charge in [-0.1, -0.05) is 6.07 Å². The molecule has 0 amide bonds. The van der Waals surface area contributed by atoms with E-state index in [0.717, 1.165) is 78.4 Å². The number of nitrogens with zero attached hydrogens (tertiary/aromatic N) is 6. The van der Waals surface area contributed by atoms with E-state index >= 15 is 0 Å². The Morgan fingerprint density at radius 2 is 1.94 bits per heavy atom. The van der Waals surface area contributed by atoms with Crippen LogP contribution >= 0.6 is 0 Å². The van der Waals surface area contributed by atoms with E-state index in [1.54, 1.807) is 0 Å². The van der Waals surface area contributed by atoms with Crippen molar-refractivity contribution in [2.45, 2.75) is 57.1 Å². The van der Waals surface area contributed by atoms with Gasteiger partial charge >= 0.3 is 0 Å². The van der Waals surface area contributed by atoms with Crippen LogP contribution in [0.3, 0.4) is 0 Å². The van der Waals surface area contributed by atoms with Gasteiger partial charge in [0.25, 0.3) is 0 Å². The molecule has 32 heavy (non-hydrogen) atoms. The van der Waals surface area contributed by atoms with Gasteiger partial charge in [0, 0.05) is 41.8 Å². The lowest BCUT2D eigenvalue weighted by atomic mass is 9.80. The number of aromatic nitrogens is 5. The summed E-state index contributed by atoms with van der Waals surface area (Å²) in [6.07, 6.45) is 14.9. The molecule has 3 aromatic heterocycles. The maximum Gasteiger partial charge on any atom is 0.150 e. The number of nitriles is 1. The van der Waals surface area contributed by atoms with Crippen molar-refractivity contribution in [3.05, 3.63) is 48.7 Å². The molecule has 2 aliphatic rings. The molecule has 162 valence electrons. The van der Waals surface area contributed by atoms with Crippen LogP contribution in [0.2, 0.25) is 0 Å². The lowest BCUT2D eigenvalue weighted by Crippen LogP contribution is -2.18. The largest absolute Gasteiger partial charge is 0.356 e. The molecule has 0 spiro atoms. The Morgan fingerprint density at radius 3 is 2.75 bits per heavy atom. The summed E-state index contributed by atoms with van der Waals surface area (Å²) in [6.45, 7) is 0.804. The van der Waals surface area contributed by atoms with Crippen LogP contribution in [-0.2, 0) is 4.74 Å². The Kier molecular flexibility index (Phi) is 4.88. The fourth-order valence-electron chi connectivity index (χ4n) is 5.34. The summed E-state index contributed by atoms with van der Waals surface area (Å²) in [5, 5.41) is 19.6. The Bertz CT molecular complexity index is 1300. The molecular formula is C25H26N6O. The molecule has 7 heteroatoms. The van der Waals surface area contributed by atoms with Gasteiger partial charge in [0.15, 0.2) is 6.23 Å². The third-order valence-corrected chi connectivity index (χ3v) is 7.09. The summed E-state index contributed by atoms with van der Waals surface area (Å²) in [6, 6.07) is 8.93. The van der Waals surface area contributed by atoms with Crippen LogP contribution in [0.5, 0.6) is 0 Å². The number of rotatable bonds is 3. The highest BCUT2D eigenvalue weighted by atomic mass is 16.5. The van der Waals surface area contributed by atoms with Crippen molar-refractivity contribution in [1.29, 1.82) is 5.26 Å². The van der Waals surface area contributed by atoms with E-state index in [9.17, 15) is 5.26 Å². The van der Waals surface area contributed by atoms with Gasteiger partial charge in [0.1, 0.15) is 0 Å². The van der Waals surface area contributed by atoms with E-state index in [0.29, 0.717) is 5.92 Å². The minimum atomic E-state index is 0.0309. The normalized spacial score (nSPS) is 24.0. The van der Waals surface area contributed by atoms with E-state index in [1.165, 1.54) is 6.42 Å². The Balaban J connectivity index is 1.39. The predicted octanol–water partition coefficient (Wildman–Crippen LogP) is 5.24. The third kappa shape index (κ3) is 3.26. The summed E-state index contributed by atoms with van der Waals surface area (Å²) in [5.41, 5.74) is 5.50. The molecule has 1 aliphatic heterocycles. The molecular weight excluding hydrogens is 400 g/mol. The first kappa shape index (κ1) is 19.4. The van der Waals surface area contributed by atoms with Crippen molar-refractivity contribution in [3.63, 3.8) is 0 Å². The van der Waals surface area contributed by atoms with E-state index in [-0.39, 0.29) is 12.1 Å². The molecule has 2 fully saturated rings. The zero-order chi connectivity index (χ0) is 21.5. The highest BCUT2D eigenvalue weighted by molar-refractivity contribution is 5.89. The Morgan fingerprint density at radius 1 is 1.03 bits per heavy atom. The third-order valence-electron chi connectivity index (χ3n) is 7.09. The fraction of sp³-hybridized carbons (Fsp3) is 0.440. The van der Waals surface area contributed by atoms with Crippen LogP contribution in [0.1, 0.15) is 62.8 Å². The van der Waals surface area contributed by atoms with Gasteiger partial charge in [-0.15, -0.1) is 0 Å². The summed E-state index contributed by atoms with van der Waals surface area (Å²) >= 11 is 0.